The number of nitrogens with zero attached hydrogens (tertiary/aromatic N) is 1. The van der Waals surface area contributed by atoms with E-state index in [-0.39, 0.29) is 11.7 Å². The van der Waals surface area contributed by atoms with Crippen molar-refractivity contribution >= 4 is 16.8 Å². The molecule has 17 heavy (non-hydrogen) atoms. The molecule has 2 N–H and O–H groups in total. The van der Waals surface area contributed by atoms with Crippen LogP contribution >= 0.6 is 0 Å². The Morgan fingerprint density at radius 3 is 3.00 bits per heavy atom. The van der Waals surface area contributed by atoms with Crippen LogP contribution in [0.15, 0.2) is 24.5 Å². The Kier molecular flexibility index (Phi) is 2.65. The maximum absolute atomic E-state index is 12.4. The zero-order chi connectivity index (χ0) is 11.7. The minimum atomic E-state index is 0.162. The Balaban J connectivity index is 1.95. The highest BCUT2D eigenvalue weighted by molar-refractivity contribution is 6.08. The predicted octanol–water partition coefficient (Wildman–Crippen LogP) is 1.75. The number of nitrogens with one attached hydrogen (secondary N) is 2. The molecule has 0 atom stereocenters. The molecule has 1 aliphatic rings. The summed E-state index contributed by atoms with van der Waals surface area (Å²) in [7, 11) is 0. The van der Waals surface area contributed by atoms with Gasteiger partial charge < -0.3 is 10.3 Å². The summed E-state index contributed by atoms with van der Waals surface area (Å²) in [6.45, 7) is 1.88. The quantitative estimate of drug-likeness (QED) is 0.771. The Labute approximate surface area is 99.4 Å². The normalized spacial score (nSPS) is 17.4. The lowest BCUT2D eigenvalue weighted by Crippen LogP contribution is -2.31. The van der Waals surface area contributed by atoms with Crippen molar-refractivity contribution in [2.75, 3.05) is 13.1 Å². The molecule has 4 nitrogen and oxygen atoms in total. The molecule has 3 heterocycles. The molecule has 2 aromatic rings. The third kappa shape index (κ3) is 1.85. The van der Waals surface area contributed by atoms with Crippen LogP contribution in [-0.4, -0.2) is 28.8 Å². The molecule has 0 unspecified atom stereocenters. The number of hydrogen-bond acceptors (Lipinski definition) is 3. The number of fused-ring (bicyclic) bond motifs is 1. The van der Waals surface area contributed by atoms with E-state index in [9.17, 15) is 4.79 Å². The highest BCUT2D eigenvalue weighted by atomic mass is 16.1. The molecule has 0 radical (unpaired) electrons. The highest BCUT2D eigenvalue weighted by Gasteiger charge is 2.24. The molecule has 0 saturated carbocycles. The number of carbonyl (C=O) groups is 1. The lowest BCUT2D eigenvalue weighted by molar-refractivity contribution is 0.0897. The van der Waals surface area contributed by atoms with Crippen molar-refractivity contribution in [3.05, 3.63) is 30.1 Å². The highest BCUT2D eigenvalue weighted by Crippen LogP contribution is 2.23. The Bertz CT molecular complexity index is 540. The fraction of sp³-hybridized carbons (Fsp3) is 0.385. The van der Waals surface area contributed by atoms with Crippen LogP contribution in [0.3, 0.4) is 0 Å². The number of hydrogen-bond donors (Lipinski definition) is 2. The number of H-pyrrole nitrogens is 1. The molecule has 0 aliphatic carbocycles. The third-order valence-corrected chi connectivity index (χ3v) is 3.43. The zero-order valence-electron chi connectivity index (χ0n) is 9.57. The zero-order valence-corrected chi connectivity index (χ0v) is 9.57. The smallest absolute Gasteiger partial charge is 0.168 e. The summed E-state index contributed by atoms with van der Waals surface area (Å²) in [5.41, 5.74) is 1.59. The third-order valence-electron chi connectivity index (χ3n) is 3.43. The van der Waals surface area contributed by atoms with Gasteiger partial charge in [-0.05, 0) is 38.1 Å². The molecule has 1 fully saturated rings. The van der Waals surface area contributed by atoms with Crippen molar-refractivity contribution in [1.29, 1.82) is 0 Å². The summed E-state index contributed by atoms with van der Waals surface area (Å²) in [5, 5.41) is 4.22. The fourth-order valence-electron chi connectivity index (χ4n) is 2.46. The summed E-state index contributed by atoms with van der Waals surface area (Å²) >= 11 is 0. The molecule has 0 spiro atoms. The average Bonchev–Trinajstić information content (AvgIpc) is 2.83. The van der Waals surface area contributed by atoms with Crippen molar-refractivity contribution in [2.24, 2.45) is 5.92 Å². The van der Waals surface area contributed by atoms with E-state index in [1.165, 1.54) is 0 Å². The summed E-state index contributed by atoms with van der Waals surface area (Å²) in [5.74, 6) is 0.418. The SMILES string of the molecule is O=C(c1c[nH]c2ncccc12)C1CCNCC1. The number of pyridine rings is 1. The molecule has 0 aromatic carbocycles. The summed E-state index contributed by atoms with van der Waals surface area (Å²) in [6.07, 6.45) is 5.40. The van der Waals surface area contributed by atoms with Crippen LogP contribution in [0.25, 0.3) is 11.0 Å². The topological polar surface area (TPSA) is 57.8 Å². The van der Waals surface area contributed by atoms with E-state index in [1.807, 2.05) is 12.1 Å². The van der Waals surface area contributed by atoms with Crippen LogP contribution in [-0.2, 0) is 0 Å². The summed E-state index contributed by atoms with van der Waals surface area (Å²) in [6, 6.07) is 3.82. The molecule has 3 rings (SSSR count). The van der Waals surface area contributed by atoms with E-state index in [0.717, 1.165) is 42.5 Å². The van der Waals surface area contributed by atoms with Crippen LogP contribution in [0.5, 0.6) is 0 Å². The first kappa shape index (κ1) is 10.5. The second-order valence-electron chi connectivity index (χ2n) is 4.49. The molecular weight excluding hydrogens is 214 g/mol. The van der Waals surface area contributed by atoms with Gasteiger partial charge in [0.15, 0.2) is 5.78 Å². The Hall–Kier alpha value is -1.68. The first-order chi connectivity index (χ1) is 8.36. The summed E-state index contributed by atoms with van der Waals surface area (Å²) in [4.78, 5) is 19.7. The van der Waals surface area contributed by atoms with Crippen molar-refractivity contribution in [3.8, 4) is 0 Å². The molecular formula is C13H15N3O. The van der Waals surface area contributed by atoms with Gasteiger partial charge in [0.2, 0.25) is 0 Å². The van der Waals surface area contributed by atoms with Crippen LogP contribution < -0.4 is 5.32 Å². The first-order valence-corrected chi connectivity index (χ1v) is 6.03. The van der Waals surface area contributed by atoms with E-state index >= 15 is 0 Å². The predicted molar refractivity (Wildman–Crippen MR) is 66.0 cm³/mol. The number of rotatable bonds is 2. The van der Waals surface area contributed by atoms with Gasteiger partial charge in [-0.3, -0.25) is 4.79 Å². The van der Waals surface area contributed by atoms with Gasteiger partial charge in [-0.2, -0.15) is 0 Å². The van der Waals surface area contributed by atoms with Crippen molar-refractivity contribution in [3.63, 3.8) is 0 Å². The summed E-state index contributed by atoms with van der Waals surface area (Å²) < 4.78 is 0. The van der Waals surface area contributed by atoms with Crippen molar-refractivity contribution in [1.82, 2.24) is 15.3 Å². The Morgan fingerprint density at radius 1 is 1.35 bits per heavy atom. The number of aromatic amines is 1. The lowest BCUT2D eigenvalue weighted by atomic mass is 9.90. The largest absolute Gasteiger partial charge is 0.345 e. The van der Waals surface area contributed by atoms with Crippen LogP contribution in [0.2, 0.25) is 0 Å². The van der Waals surface area contributed by atoms with Crippen molar-refractivity contribution < 1.29 is 4.79 Å². The second-order valence-corrected chi connectivity index (χ2v) is 4.49. The first-order valence-electron chi connectivity index (χ1n) is 6.03. The van der Waals surface area contributed by atoms with Gasteiger partial charge in [-0.15, -0.1) is 0 Å². The Morgan fingerprint density at radius 2 is 2.18 bits per heavy atom. The van der Waals surface area contributed by atoms with Crippen LogP contribution in [0, 0.1) is 5.92 Å². The van der Waals surface area contributed by atoms with E-state index in [0.29, 0.717) is 0 Å². The van der Waals surface area contributed by atoms with Crippen LogP contribution in [0.4, 0.5) is 0 Å². The molecule has 1 aliphatic heterocycles. The number of ketones is 1. The molecule has 88 valence electrons. The van der Waals surface area contributed by atoms with E-state index < -0.39 is 0 Å². The van der Waals surface area contributed by atoms with Gasteiger partial charge in [0, 0.05) is 29.3 Å². The second kappa shape index (κ2) is 4.30. The van der Waals surface area contributed by atoms with Gasteiger partial charge in [0.25, 0.3) is 0 Å². The minimum Gasteiger partial charge on any atom is -0.345 e. The van der Waals surface area contributed by atoms with Gasteiger partial charge in [0.1, 0.15) is 5.65 Å². The maximum Gasteiger partial charge on any atom is 0.168 e. The maximum atomic E-state index is 12.4. The monoisotopic (exact) mass is 229 g/mol. The average molecular weight is 229 g/mol. The number of carbonyl (C=O) groups excluding carboxylic acids is 1. The molecule has 4 heteroatoms. The van der Waals surface area contributed by atoms with Gasteiger partial charge in [-0.1, -0.05) is 0 Å². The van der Waals surface area contributed by atoms with E-state index in [2.05, 4.69) is 15.3 Å². The van der Waals surface area contributed by atoms with E-state index in [4.69, 9.17) is 0 Å². The fourth-order valence-corrected chi connectivity index (χ4v) is 2.46. The van der Waals surface area contributed by atoms with Crippen LogP contribution in [0.1, 0.15) is 23.2 Å². The molecule has 1 saturated heterocycles. The molecule has 0 amide bonds. The number of piperidine rings is 1. The standard InChI is InChI=1S/C13H15N3O/c17-12(9-3-6-14-7-4-9)11-8-16-13-10(11)2-1-5-15-13/h1-2,5,8-9,14H,3-4,6-7H2,(H,15,16). The van der Waals surface area contributed by atoms with E-state index in [1.54, 1.807) is 12.4 Å². The molecule has 0 bridgehead atoms. The number of Topliss-reactive ketones (excluding diaryl/α,β-unsaturated/α-hetero) is 1. The lowest BCUT2D eigenvalue weighted by Gasteiger charge is -2.20. The van der Waals surface area contributed by atoms with Crippen molar-refractivity contribution in [2.45, 2.75) is 12.8 Å². The van der Waals surface area contributed by atoms with Gasteiger partial charge >= 0.3 is 0 Å². The molecule has 2 aromatic heterocycles. The number of aromatic nitrogens is 2. The van der Waals surface area contributed by atoms with Gasteiger partial charge in [-0.25, -0.2) is 4.98 Å². The van der Waals surface area contributed by atoms with Gasteiger partial charge in [0.05, 0.1) is 0 Å². The minimum absolute atomic E-state index is 0.162.